The molecule has 0 heterocycles. The first-order valence-electron chi connectivity index (χ1n) is 13.6. The average Bonchev–Trinajstić information content (AvgIpc) is 2.75. The van der Waals surface area contributed by atoms with Crippen molar-refractivity contribution in [3.05, 3.63) is 11.6 Å². The number of Topliss-reactive ketones (excluding diaryl/α,β-unsaturated/α-hetero) is 1. The molecular formula is C29H46O5. The van der Waals surface area contributed by atoms with E-state index in [9.17, 15) is 25.2 Å². The first kappa shape index (κ1) is 24.9. The van der Waals surface area contributed by atoms with Gasteiger partial charge < -0.3 is 20.4 Å². The Kier molecular flexibility index (Phi) is 5.59. The molecule has 5 aliphatic carbocycles. The number of carbonyl (C=O) groups excluding carboxylic acids is 1. The minimum absolute atomic E-state index is 0.0781. The maximum atomic E-state index is 13.6. The van der Waals surface area contributed by atoms with E-state index < -0.39 is 17.6 Å². The lowest BCUT2D eigenvalue weighted by Gasteiger charge is -2.70. The number of carbonyl (C=O) groups is 1. The summed E-state index contributed by atoms with van der Waals surface area (Å²) in [4.78, 5) is 13.6. The Bertz CT molecular complexity index is 889. The van der Waals surface area contributed by atoms with Gasteiger partial charge in [0, 0.05) is 23.2 Å². The highest BCUT2D eigenvalue weighted by Crippen LogP contribution is 2.74. The number of ketones is 1. The van der Waals surface area contributed by atoms with Gasteiger partial charge in [-0.1, -0.05) is 46.3 Å². The maximum Gasteiger partial charge on any atom is 0.137 e. The molecule has 0 aromatic heterocycles. The first-order chi connectivity index (χ1) is 15.8. The molecule has 5 rings (SSSR count). The minimum Gasteiger partial charge on any atom is -0.396 e. The molecule has 0 spiro atoms. The van der Waals surface area contributed by atoms with Crippen LogP contribution in [0.3, 0.4) is 0 Å². The van der Waals surface area contributed by atoms with Crippen molar-refractivity contribution in [2.75, 3.05) is 13.2 Å². The highest BCUT2D eigenvalue weighted by Gasteiger charge is 2.70. The smallest absolute Gasteiger partial charge is 0.137 e. The quantitative estimate of drug-likeness (QED) is 0.456. The third-order valence-corrected chi connectivity index (χ3v) is 12.4. The summed E-state index contributed by atoms with van der Waals surface area (Å²) in [5, 5.41) is 42.7. The molecule has 0 bridgehead atoms. The largest absolute Gasteiger partial charge is 0.396 e. The van der Waals surface area contributed by atoms with Crippen LogP contribution in [0.25, 0.3) is 0 Å². The number of allylic oxidation sites excluding steroid dienone is 2. The van der Waals surface area contributed by atoms with Gasteiger partial charge in [0.25, 0.3) is 0 Å². The van der Waals surface area contributed by atoms with Gasteiger partial charge in [-0.05, 0) is 78.9 Å². The van der Waals surface area contributed by atoms with E-state index in [1.165, 1.54) is 5.57 Å². The number of aliphatic hydroxyl groups excluding tert-OH is 4. The van der Waals surface area contributed by atoms with Crippen molar-refractivity contribution in [3.8, 4) is 0 Å². The third kappa shape index (κ3) is 2.96. The fraction of sp³-hybridized carbons (Fsp3) is 0.897. The van der Waals surface area contributed by atoms with Crippen LogP contribution in [0.5, 0.6) is 0 Å². The number of hydrogen-bond acceptors (Lipinski definition) is 5. The van der Waals surface area contributed by atoms with Crippen molar-refractivity contribution in [3.63, 3.8) is 0 Å². The number of fused-ring (bicyclic) bond motifs is 7. The fourth-order valence-corrected chi connectivity index (χ4v) is 10.4. The molecule has 0 aromatic carbocycles. The standard InChI is InChI=1S/C29H46O5/c1-25(2)10-8-17-18(12-25)19-6-7-22-26(3)13-21(33)24(34)29(15-30,16-31)23(26)9-11-27(22,4)28(19,5)14-20(17)32/h6,17-18,21-24,30-31,33-34H,7-16H2,1-5H3. The second-order valence-corrected chi connectivity index (χ2v) is 14.3. The Morgan fingerprint density at radius 2 is 1.59 bits per heavy atom. The SMILES string of the molecule is CC1(C)CCC2C(=O)CC3(C)C(=CCC4C5(C)CC(O)C(O)C(CO)(CO)C5CCC43C)C2C1. The molecule has 9 unspecified atom stereocenters. The van der Waals surface area contributed by atoms with Crippen molar-refractivity contribution in [2.45, 2.75) is 98.2 Å². The summed E-state index contributed by atoms with van der Waals surface area (Å²) in [6.45, 7) is 11.0. The summed E-state index contributed by atoms with van der Waals surface area (Å²) in [5.74, 6) is 1.08. The Labute approximate surface area is 205 Å². The molecule has 192 valence electrons. The van der Waals surface area contributed by atoms with E-state index in [2.05, 4.69) is 40.7 Å². The van der Waals surface area contributed by atoms with Crippen molar-refractivity contribution in [1.82, 2.24) is 0 Å². The topological polar surface area (TPSA) is 98.0 Å². The predicted molar refractivity (Wildman–Crippen MR) is 131 cm³/mol. The van der Waals surface area contributed by atoms with Gasteiger partial charge in [-0.25, -0.2) is 0 Å². The lowest BCUT2D eigenvalue weighted by Crippen LogP contribution is -2.69. The molecule has 4 saturated carbocycles. The van der Waals surface area contributed by atoms with Crippen LogP contribution in [0.4, 0.5) is 0 Å². The summed E-state index contributed by atoms with van der Waals surface area (Å²) in [7, 11) is 0. The summed E-state index contributed by atoms with van der Waals surface area (Å²) in [6.07, 6.45) is 7.22. The summed E-state index contributed by atoms with van der Waals surface area (Å²) in [6, 6.07) is 0. The van der Waals surface area contributed by atoms with Gasteiger partial charge in [0.2, 0.25) is 0 Å². The minimum atomic E-state index is -1.13. The zero-order valence-corrected chi connectivity index (χ0v) is 21.8. The monoisotopic (exact) mass is 474 g/mol. The van der Waals surface area contributed by atoms with Crippen LogP contribution in [0, 0.1) is 50.7 Å². The molecule has 34 heavy (non-hydrogen) atoms. The van der Waals surface area contributed by atoms with Crippen LogP contribution in [-0.2, 0) is 4.79 Å². The Balaban J connectivity index is 1.60. The van der Waals surface area contributed by atoms with Crippen molar-refractivity contribution < 1.29 is 25.2 Å². The molecule has 4 N–H and O–H groups in total. The van der Waals surface area contributed by atoms with Crippen molar-refractivity contribution in [1.29, 1.82) is 0 Å². The van der Waals surface area contributed by atoms with Crippen LogP contribution in [0.2, 0.25) is 0 Å². The number of aliphatic hydroxyl groups is 4. The highest BCUT2D eigenvalue weighted by molar-refractivity contribution is 5.85. The molecule has 4 fully saturated rings. The summed E-state index contributed by atoms with van der Waals surface area (Å²) in [5.41, 5.74) is 0.0134. The van der Waals surface area contributed by atoms with Crippen molar-refractivity contribution >= 4 is 5.78 Å². The summed E-state index contributed by atoms with van der Waals surface area (Å²) >= 11 is 0. The van der Waals surface area contributed by atoms with E-state index in [1.807, 2.05) is 0 Å². The van der Waals surface area contributed by atoms with E-state index in [0.29, 0.717) is 24.5 Å². The molecule has 5 heteroatoms. The predicted octanol–water partition coefficient (Wildman–Crippen LogP) is 3.87. The van der Waals surface area contributed by atoms with Crippen molar-refractivity contribution in [2.24, 2.45) is 50.7 Å². The molecule has 9 atom stereocenters. The molecule has 0 amide bonds. The molecule has 0 radical (unpaired) electrons. The highest BCUT2D eigenvalue weighted by atomic mass is 16.3. The molecule has 0 aliphatic heterocycles. The average molecular weight is 475 g/mol. The van der Waals surface area contributed by atoms with Gasteiger partial charge in [0.15, 0.2) is 0 Å². The molecule has 5 aliphatic rings. The Morgan fingerprint density at radius 1 is 0.912 bits per heavy atom. The Hall–Kier alpha value is -0.750. The van der Waals surface area contributed by atoms with Gasteiger partial charge in [-0.2, -0.15) is 0 Å². The zero-order valence-electron chi connectivity index (χ0n) is 21.8. The van der Waals surface area contributed by atoms with Gasteiger partial charge in [0.1, 0.15) is 5.78 Å². The van der Waals surface area contributed by atoms with E-state index in [4.69, 9.17) is 0 Å². The van der Waals surface area contributed by atoms with Gasteiger partial charge >= 0.3 is 0 Å². The molecule has 0 saturated heterocycles. The third-order valence-electron chi connectivity index (χ3n) is 12.4. The van der Waals surface area contributed by atoms with Gasteiger partial charge in [-0.15, -0.1) is 0 Å². The van der Waals surface area contributed by atoms with Crippen LogP contribution in [0.1, 0.15) is 86.0 Å². The van der Waals surface area contributed by atoms with Gasteiger partial charge in [-0.3, -0.25) is 4.79 Å². The number of hydrogen-bond donors (Lipinski definition) is 4. The van der Waals surface area contributed by atoms with Crippen LogP contribution in [0.15, 0.2) is 11.6 Å². The van der Waals surface area contributed by atoms with Crippen LogP contribution < -0.4 is 0 Å². The summed E-state index contributed by atoms with van der Waals surface area (Å²) < 4.78 is 0. The normalized spacial score (nSPS) is 51.4. The fourth-order valence-electron chi connectivity index (χ4n) is 10.4. The number of rotatable bonds is 2. The second kappa shape index (κ2) is 7.63. The molecular weight excluding hydrogens is 428 g/mol. The molecule has 0 aromatic rings. The van der Waals surface area contributed by atoms with E-state index in [0.717, 1.165) is 38.5 Å². The van der Waals surface area contributed by atoms with E-state index >= 15 is 0 Å². The van der Waals surface area contributed by atoms with Gasteiger partial charge in [0.05, 0.1) is 25.4 Å². The van der Waals surface area contributed by atoms with Crippen LogP contribution in [-0.4, -0.2) is 51.6 Å². The lowest BCUT2D eigenvalue weighted by atomic mass is 9.34. The van der Waals surface area contributed by atoms with E-state index in [-0.39, 0.29) is 52.6 Å². The molecule has 5 nitrogen and oxygen atoms in total. The second-order valence-electron chi connectivity index (χ2n) is 14.3. The Morgan fingerprint density at radius 3 is 2.24 bits per heavy atom. The maximum absolute atomic E-state index is 13.6. The van der Waals surface area contributed by atoms with Crippen LogP contribution >= 0.6 is 0 Å². The van der Waals surface area contributed by atoms with E-state index in [1.54, 1.807) is 0 Å². The lowest BCUT2D eigenvalue weighted by molar-refractivity contribution is -0.255. The first-order valence-corrected chi connectivity index (χ1v) is 13.6. The zero-order chi connectivity index (χ0) is 24.9.